The van der Waals surface area contributed by atoms with Gasteiger partial charge in [-0.1, -0.05) is 198 Å². The van der Waals surface area contributed by atoms with Crippen molar-refractivity contribution in [3.8, 4) is 0 Å². The quantitative estimate of drug-likeness (QED) is 0.0655. The third-order valence-electron chi connectivity index (χ3n) is 13.7. The van der Waals surface area contributed by atoms with Crippen LogP contribution >= 0.6 is 0 Å². The van der Waals surface area contributed by atoms with Crippen molar-refractivity contribution >= 4 is 11.8 Å². The van der Waals surface area contributed by atoms with Crippen LogP contribution in [0.15, 0.2) is 121 Å². The van der Waals surface area contributed by atoms with Crippen LogP contribution in [0.3, 0.4) is 0 Å². The predicted octanol–water partition coefficient (Wildman–Crippen LogP) is 10.0. The van der Waals surface area contributed by atoms with Crippen LogP contribution in [0, 0.1) is 11.8 Å². The first-order valence-electron chi connectivity index (χ1n) is 22.7. The first-order chi connectivity index (χ1) is 28.5. The molecular weight excluding hydrogens is 713 g/mol. The molecule has 2 saturated heterocycles. The maximum atomic E-state index is 13.4. The van der Waals surface area contributed by atoms with E-state index in [0.29, 0.717) is 0 Å². The van der Waals surface area contributed by atoms with Gasteiger partial charge in [0.1, 0.15) is 10.8 Å². The molecule has 0 spiro atoms. The molecule has 0 radical (unpaired) electrons. The zero-order valence-electron chi connectivity index (χ0n) is 35.1. The van der Waals surface area contributed by atoms with Crippen LogP contribution in [0.25, 0.3) is 0 Å². The summed E-state index contributed by atoms with van der Waals surface area (Å²) in [4.78, 5) is 31.8. The zero-order chi connectivity index (χ0) is 40.5. The molecule has 2 aliphatic rings. The van der Waals surface area contributed by atoms with Crippen molar-refractivity contribution in [2.45, 2.75) is 114 Å². The SMILES string of the molecule is NC(=O)C(c1ccccc1)(c1ccccc1)C1CCN(CCCCCCCCCCCCCCCCN2CCC(C(C(N)=O)(c3ccccc3)c3ccccc3)C2)C1. The van der Waals surface area contributed by atoms with E-state index in [0.717, 1.165) is 74.4 Å². The molecule has 2 heterocycles. The Kier molecular flexibility index (Phi) is 16.6. The van der Waals surface area contributed by atoms with E-state index in [-0.39, 0.29) is 23.7 Å². The molecule has 2 atom stereocenters. The van der Waals surface area contributed by atoms with E-state index >= 15 is 0 Å². The molecule has 2 unspecified atom stereocenters. The van der Waals surface area contributed by atoms with Crippen LogP contribution in [0.1, 0.15) is 125 Å². The molecule has 2 fully saturated rings. The van der Waals surface area contributed by atoms with Crippen LogP contribution in [-0.2, 0) is 20.4 Å². The second kappa shape index (κ2) is 22.2. The maximum Gasteiger partial charge on any atom is 0.232 e. The average Bonchev–Trinajstić information content (AvgIpc) is 3.93. The molecule has 0 bridgehead atoms. The van der Waals surface area contributed by atoms with E-state index in [1.807, 2.05) is 72.8 Å². The Morgan fingerprint density at radius 1 is 0.414 bits per heavy atom. The van der Waals surface area contributed by atoms with Gasteiger partial charge in [-0.2, -0.15) is 0 Å². The van der Waals surface area contributed by atoms with Crippen molar-refractivity contribution < 1.29 is 9.59 Å². The highest BCUT2D eigenvalue weighted by Crippen LogP contribution is 2.45. The van der Waals surface area contributed by atoms with Gasteiger partial charge in [0.25, 0.3) is 0 Å². The molecule has 6 rings (SSSR count). The minimum Gasteiger partial charge on any atom is -0.369 e. The van der Waals surface area contributed by atoms with Crippen molar-refractivity contribution in [3.05, 3.63) is 144 Å². The van der Waals surface area contributed by atoms with Gasteiger partial charge in [0, 0.05) is 13.1 Å². The number of primary amides is 2. The minimum absolute atomic E-state index is 0.169. The highest BCUT2D eigenvalue weighted by Gasteiger charge is 2.50. The minimum atomic E-state index is -0.798. The summed E-state index contributed by atoms with van der Waals surface area (Å²) in [5.74, 6) is -0.143. The number of nitrogens with zero attached hydrogens (tertiary/aromatic N) is 2. The molecule has 4 aromatic rings. The summed E-state index contributed by atoms with van der Waals surface area (Å²) in [5.41, 5.74) is 15.0. The molecule has 6 nitrogen and oxygen atoms in total. The summed E-state index contributed by atoms with van der Waals surface area (Å²) in [7, 11) is 0. The molecule has 6 heteroatoms. The summed E-state index contributed by atoms with van der Waals surface area (Å²) in [6.07, 6.45) is 20.5. The van der Waals surface area contributed by atoms with Crippen molar-refractivity contribution in [1.82, 2.24) is 9.80 Å². The summed E-state index contributed by atoms with van der Waals surface area (Å²) in [6, 6.07) is 40.8. The predicted molar refractivity (Wildman–Crippen MR) is 239 cm³/mol. The Morgan fingerprint density at radius 2 is 0.655 bits per heavy atom. The van der Waals surface area contributed by atoms with Gasteiger partial charge in [0.05, 0.1) is 0 Å². The second-order valence-corrected chi connectivity index (χ2v) is 17.3. The lowest BCUT2D eigenvalue weighted by atomic mass is 9.64. The fraction of sp³-hybridized carbons (Fsp3) is 0.500. The van der Waals surface area contributed by atoms with Crippen molar-refractivity contribution in [2.75, 3.05) is 39.3 Å². The first kappa shape index (κ1) is 43.3. The Bertz CT molecular complexity index is 1570. The topological polar surface area (TPSA) is 92.7 Å². The number of nitrogens with two attached hydrogens (primary N) is 2. The van der Waals surface area contributed by atoms with E-state index in [1.54, 1.807) is 0 Å². The number of benzene rings is 4. The summed E-state index contributed by atoms with van der Waals surface area (Å²) in [5, 5.41) is 0. The van der Waals surface area contributed by atoms with Gasteiger partial charge in [0.2, 0.25) is 11.8 Å². The normalized spacial score (nSPS) is 17.8. The average molecular weight is 783 g/mol. The molecule has 58 heavy (non-hydrogen) atoms. The number of unbranched alkanes of at least 4 members (excludes halogenated alkanes) is 13. The van der Waals surface area contributed by atoms with E-state index in [1.165, 1.54) is 89.9 Å². The highest BCUT2D eigenvalue weighted by molar-refractivity contribution is 5.92. The number of rotatable bonds is 25. The van der Waals surface area contributed by atoms with Crippen molar-refractivity contribution in [1.29, 1.82) is 0 Å². The largest absolute Gasteiger partial charge is 0.369 e. The van der Waals surface area contributed by atoms with Gasteiger partial charge in [-0.3, -0.25) is 9.59 Å². The number of amides is 2. The molecule has 2 amide bonds. The van der Waals surface area contributed by atoms with Crippen LogP contribution < -0.4 is 11.5 Å². The van der Waals surface area contributed by atoms with Crippen LogP contribution in [0.2, 0.25) is 0 Å². The lowest BCUT2D eigenvalue weighted by Crippen LogP contribution is -2.49. The van der Waals surface area contributed by atoms with Crippen molar-refractivity contribution in [2.24, 2.45) is 23.3 Å². The standard InChI is InChI=1S/C52H70N4O2/c53-49(57)51(43-27-17-13-18-28-43,44-29-19-14-20-30-44)47-35-39-55(41-47)37-25-11-9-7-5-3-1-2-4-6-8-10-12-26-38-56-40-36-48(42-56)52(50(54)58,45-31-21-15-22-32-45)46-33-23-16-24-34-46/h13-24,27-34,47-48H,1-12,25-26,35-42H2,(H2,53,57)(H2,54,58). The molecule has 0 aromatic heterocycles. The fourth-order valence-electron chi connectivity index (χ4n) is 10.6. The Hall–Kier alpha value is -4.26. The van der Waals surface area contributed by atoms with Gasteiger partial charge < -0.3 is 21.3 Å². The Morgan fingerprint density at radius 3 is 0.897 bits per heavy atom. The molecular formula is C52H70N4O2. The van der Waals surface area contributed by atoms with Crippen molar-refractivity contribution in [3.63, 3.8) is 0 Å². The van der Waals surface area contributed by atoms with Gasteiger partial charge >= 0.3 is 0 Å². The lowest BCUT2D eigenvalue weighted by molar-refractivity contribution is -0.124. The number of hydrogen-bond donors (Lipinski definition) is 2. The smallest absolute Gasteiger partial charge is 0.232 e. The molecule has 0 aliphatic carbocycles. The fourth-order valence-corrected chi connectivity index (χ4v) is 10.6. The molecule has 2 aliphatic heterocycles. The van der Waals surface area contributed by atoms with Crippen LogP contribution in [0.5, 0.6) is 0 Å². The van der Waals surface area contributed by atoms with E-state index in [4.69, 9.17) is 11.5 Å². The number of likely N-dealkylation sites (tertiary alicyclic amines) is 2. The number of hydrogen-bond acceptors (Lipinski definition) is 4. The third-order valence-corrected chi connectivity index (χ3v) is 13.7. The molecule has 0 saturated carbocycles. The molecule has 4 aromatic carbocycles. The van der Waals surface area contributed by atoms with Gasteiger partial charge in [-0.05, 0) is 86.0 Å². The summed E-state index contributed by atoms with van der Waals surface area (Å²) >= 11 is 0. The zero-order valence-corrected chi connectivity index (χ0v) is 35.1. The number of carbonyl (C=O) groups is 2. The Labute approximate surface area is 349 Å². The summed E-state index contributed by atoms with van der Waals surface area (Å²) in [6.45, 7) is 6.10. The van der Waals surface area contributed by atoms with Crippen LogP contribution in [0.4, 0.5) is 0 Å². The van der Waals surface area contributed by atoms with Gasteiger partial charge in [-0.15, -0.1) is 0 Å². The highest BCUT2D eigenvalue weighted by atomic mass is 16.2. The van der Waals surface area contributed by atoms with Crippen LogP contribution in [-0.4, -0.2) is 60.9 Å². The first-order valence-corrected chi connectivity index (χ1v) is 22.7. The van der Waals surface area contributed by atoms with E-state index < -0.39 is 10.8 Å². The Balaban J connectivity index is 0.787. The van der Waals surface area contributed by atoms with E-state index in [9.17, 15) is 9.59 Å². The molecule has 4 N–H and O–H groups in total. The second-order valence-electron chi connectivity index (χ2n) is 17.3. The summed E-state index contributed by atoms with van der Waals surface area (Å²) < 4.78 is 0. The van der Waals surface area contributed by atoms with Gasteiger partial charge in [0.15, 0.2) is 0 Å². The molecule has 310 valence electrons. The monoisotopic (exact) mass is 783 g/mol. The van der Waals surface area contributed by atoms with Gasteiger partial charge in [-0.25, -0.2) is 0 Å². The number of carbonyl (C=O) groups excluding carboxylic acids is 2. The third kappa shape index (κ3) is 10.5. The maximum absolute atomic E-state index is 13.4. The lowest BCUT2D eigenvalue weighted by Gasteiger charge is -2.37. The van der Waals surface area contributed by atoms with E-state index in [2.05, 4.69) is 58.3 Å².